The van der Waals surface area contributed by atoms with Gasteiger partial charge in [-0.2, -0.15) is 8.42 Å². The first kappa shape index (κ1) is 11.3. The van der Waals surface area contributed by atoms with Crippen molar-refractivity contribution in [2.45, 2.75) is 13.3 Å². The molecule has 4 N–H and O–H groups in total. The molecule has 7 heteroatoms. The van der Waals surface area contributed by atoms with Crippen molar-refractivity contribution >= 4 is 16.2 Å². The molecule has 0 aliphatic rings. The quantitative estimate of drug-likeness (QED) is 0.518. The second-order valence-corrected chi connectivity index (χ2v) is 3.72. The normalized spacial score (nSPS) is 14.2. The number of hydrogen-bond acceptors (Lipinski definition) is 3. The van der Waals surface area contributed by atoms with Gasteiger partial charge in [0, 0.05) is 6.54 Å². The van der Waals surface area contributed by atoms with Crippen LogP contribution in [-0.4, -0.2) is 26.0 Å². The van der Waals surface area contributed by atoms with E-state index in [1.54, 1.807) is 6.92 Å². The van der Waals surface area contributed by atoms with Crippen molar-refractivity contribution in [3.8, 4) is 0 Å². The second-order valence-electron chi connectivity index (χ2n) is 2.34. The lowest BCUT2D eigenvalue weighted by Crippen LogP contribution is -2.36. The highest BCUT2D eigenvalue weighted by Gasteiger charge is 2.16. The first-order chi connectivity index (χ1) is 5.37. The molecule has 0 rings (SSSR count). The van der Waals surface area contributed by atoms with Crippen LogP contribution in [0.15, 0.2) is 0 Å². The van der Waals surface area contributed by atoms with Crippen LogP contribution >= 0.6 is 0 Å². The van der Waals surface area contributed by atoms with Crippen LogP contribution < -0.4 is 9.86 Å². The number of nitrogens with two attached hydrogens (primary N) is 1. The van der Waals surface area contributed by atoms with Gasteiger partial charge >= 0.3 is 5.97 Å². The summed E-state index contributed by atoms with van der Waals surface area (Å²) in [5.74, 6) is -1.75. The zero-order chi connectivity index (χ0) is 9.78. The van der Waals surface area contributed by atoms with Gasteiger partial charge in [-0.3, -0.25) is 4.79 Å². The third-order valence-corrected chi connectivity index (χ3v) is 1.94. The minimum Gasteiger partial charge on any atom is -0.481 e. The van der Waals surface area contributed by atoms with Crippen molar-refractivity contribution in [2.24, 2.45) is 11.1 Å². The standard InChI is InChI=1S/C5H12N2O4S/c1-2-4(5(8)9)3-7-12(6,10)11/h4,7H,2-3H2,1H3,(H,8,9)(H2,6,10,11)/t4-/m0/s1. The van der Waals surface area contributed by atoms with Crippen LogP contribution in [0.3, 0.4) is 0 Å². The van der Waals surface area contributed by atoms with Crippen molar-refractivity contribution in [1.29, 1.82) is 0 Å². The molecule has 1 atom stereocenters. The Morgan fingerprint density at radius 2 is 2.17 bits per heavy atom. The van der Waals surface area contributed by atoms with Crippen molar-refractivity contribution in [3.63, 3.8) is 0 Å². The highest BCUT2D eigenvalue weighted by atomic mass is 32.2. The zero-order valence-corrected chi connectivity index (χ0v) is 7.47. The van der Waals surface area contributed by atoms with E-state index in [4.69, 9.17) is 5.11 Å². The number of rotatable bonds is 5. The molecular formula is C5H12N2O4S. The number of hydrogen-bond donors (Lipinski definition) is 3. The lowest BCUT2D eigenvalue weighted by Gasteiger charge is -2.08. The van der Waals surface area contributed by atoms with Crippen LogP contribution in [-0.2, 0) is 15.0 Å². The smallest absolute Gasteiger partial charge is 0.307 e. The molecule has 0 aromatic rings. The van der Waals surface area contributed by atoms with E-state index in [0.29, 0.717) is 6.42 Å². The molecule has 0 fully saturated rings. The van der Waals surface area contributed by atoms with Crippen molar-refractivity contribution in [3.05, 3.63) is 0 Å². The van der Waals surface area contributed by atoms with Crippen LogP contribution in [0.2, 0.25) is 0 Å². The Balaban J connectivity index is 3.98. The van der Waals surface area contributed by atoms with Crippen LogP contribution in [0, 0.1) is 5.92 Å². The molecule has 0 spiro atoms. The van der Waals surface area contributed by atoms with E-state index in [2.05, 4.69) is 5.14 Å². The zero-order valence-electron chi connectivity index (χ0n) is 6.65. The summed E-state index contributed by atoms with van der Waals surface area (Å²) in [5.41, 5.74) is 0. The Hall–Kier alpha value is -0.660. The highest BCUT2D eigenvalue weighted by Crippen LogP contribution is 2.00. The molecule has 72 valence electrons. The fourth-order valence-corrected chi connectivity index (χ4v) is 1.06. The molecule has 0 aromatic heterocycles. The maximum absolute atomic E-state index is 10.4. The van der Waals surface area contributed by atoms with E-state index in [9.17, 15) is 13.2 Å². The third kappa shape index (κ3) is 5.05. The Morgan fingerprint density at radius 3 is 2.42 bits per heavy atom. The molecule has 12 heavy (non-hydrogen) atoms. The molecule has 0 heterocycles. The van der Waals surface area contributed by atoms with Crippen LogP contribution in [0.5, 0.6) is 0 Å². The Morgan fingerprint density at radius 1 is 1.67 bits per heavy atom. The summed E-state index contributed by atoms with van der Waals surface area (Å²) in [6.45, 7) is 1.49. The predicted molar refractivity (Wildman–Crippen MR) is 42.5 cm³/mol. The molecule has 0 aliphatic heterocycles. The molecule has 0 radical (unpaired) electrons. The molecule has 0 unspecified atom stereocenters. The van der Waals surface area contributed by atoms with E-state index in [0.717, 1.165) is 0 Å². The molecule has 0 aromatic carbocycles. The molecule has 0 amide bonds. The van der Waals surface area contributed by atoms with Gasteiger partial charge in [0.25, 0.3) is 10.2 Å². The first-order valence-corrected chi connectivity index (χ1v) is 4.91. The van der Waals surface area contributed by atoms with Crippen molar-refractivity contribution in [2.75, 3.05) is 6.54 Å². The van der Waals surface area contributed by atoms with Gasteiger partial charge in [-0.05, 0) is 6.42 Å². The molecule has 0 aliphatic carbocycles. The van der Waals surface area contributed by atoms with Crippen molar-refractivity contribution in [1.82, 2.24) is 4.72 Å². The van der Waals surface area contributed by atoms with E-state index in [1.165, 1.54) is 0 Å². The van der Waals surface area contributed by atoms with E-state index in [1.807, 2.05) is 4.72 Å². The van der Waals surface area contributed by atoms with Gasteiger partial charge in [-0.25, -0.2) is 9.86 Å². The fraction of sp³-hybridized carbons (Fsp3) is 0.800. The minimum atomic E-state index is -3.78. The molecular weight excluding hydrogens is 184 g/mol. The first-order valence-electron chi connectivity index (χ1n) is 3.37. The van der Waals surface area contributed by atoms with Gasteiger partial charge in [0.2, 0.25) is 0 Å². The summed E-state index contributed by atoms with van der Waals surface area (Å²) in [6.07, 6.45) is 0.359. The lowest BCUT2D eigenvalue weighted by molar-refractivity contribution is -0.141. The van der Waals surface area contributed by atoms with Crippen LogP contribution in [0.1, 0.15) is 13.3 Å². The predicted octanol–water partition coefficient (Wildman–Crippen LogP) is -1.11. The second kappa shape index (κ2) is 4.39. The number of nitrogens with one attached hydrogen (secondary N) is 1. The maximum atomic E-state index is 10.4. The minimum absolute atomic E-state index is 0.162. The average molecular weight is 196 g/mol. The van der Waals surface area contributed by atoms with E-state index >= 15 is 0 Å². The summed E-state index contributed by atoms with van der Waals surface area (Å²) >= 11 is 0. The number of carboxylic acids is 1. The molecule has 0 saturated carbocycles. The van der Waals surface area contributed by atoms with Crippen LogP contribution in [0.4, 0.5) is 0 Å². The fourth-order valence-electron chi connectivity index (χ4n) is 0.623. The van der Waals surface area contributed by atoms with Crippen molar-refractivity contribution < 1.29 is 18.3 Å². The monoisotopic (exact) mass is 196 g/mol. The summed E-state index contributed by atoms with van der Waals surface area (Å²) < 4.78 is 22.6. The Kier molecular flexibility index (Phi) is 4.15. The maximum Gasteiger partial charge on any atom is 0.307 e. The Labute approximate surface area is 70.9 Å². The summed E-state index contributed by atoms with van der Waals surface area (Å²) in [7, 11) is -3.78. The van der Waals surface area contributed by atoms with Gasteiger partial charge in [0.15, 0.2) is 0 Å². The van der Waals surface area contributed by atoms with E-state index < -0.39 is 22.1 Å². The molecule has 0 saturated heterocycles. The van der Waals surface area contributed by atoms with Gasteiger partial charge in [0.1, 0.15) is 0 Å². The molecule has 6 nitrogen and oxygen atoms in total. The largest absolute Gasteiger partial charge is 0.481 e. The lowest BCUT2D eigenvalue weighted by atomic mass is 10.1. The van der Waals surface area contributed by atoms with Gasteiger partial charge in [0.05, 0.1) is 5.92 Å². The van der Waals surface area contributed by atoms with Gasteiger partial charge in [-0.15, -0.1) is 0 Å². The van der Waals surface area contributed by atoms with E-state index in [-0.39, 0.29) is 6.54 Å². The highest BCUT2D eigenvalue weighted by molar-refractivity contribution is 7.87. The number of aliphatic carboxylic acids is 1. The topological polar surface area (TPSA) is 109 Å². The summed E-state index contributed by atoms with van der Waals surface area (Å²) in [5, 5.41) is 13.1. The number of carbonyl (C=O) groups is 1. The third-order valence-electron chi connectivity index (χ3n) is 1.37. The average Bonchev–Trinajstić information content (AvgIpc) is 1.85. The van der Waals surface area contributed by atoms with Crippen LogP contribution in [0.25, 0.3) is 0 Å². The summed E-state index contributed by atoms with van der Waals surface area (Å²) in [6, 6.07) is 0. The summed E-state index contributed by atoms with van der Waals surface area (Å²) in [4.78, 5) is 10.4. The van der Waals surface area contributed by atoms with Gasteiger partial charge < -0.3 is 5.11 Å². The molecule has 0 bridgehead atoms. The van der Waals surface area contributed by atoms with Gasteiger partial charge in [-0.1, -0.05) is 6.92 Å². The number of carboxylic acid groups (broad SMARTS) is 1. The Bertz CT molecular complexity index is 248. The SMILES string of the molecule is CC[C@@H](CNS(N)(=O)=O)C(=O)O.